The van der Waals surface area contributed by atoms with Crippen molar-refractivity contribution in [2.24, 2.45) is 0 Å². The summed E-state index contributed by atoms with van der Waals surface area (Å²) in [6.07, 6.45) is 0. The van der Waals surface area contributed by atoms with Crippen LogP contribution in [0.5, 0.6) is 0 Å². The minimum absolute atomic E-state index is 0.453. The number of alkyl halides is 4. The van der Waals surface area contributed by atoms with Crippen molar-refractivity contribution in [3.8, 4) is 0 Å². The van der Waals surface area contributed by atoms with Crippen molar-refractivity contribution in [2.45, 2.75) is 9.71 Å². The van der Waals surface area contributed by atoms with Gasteiger partial charge in [0.25, 0.3) is 0 Å². The van der Waals surface area contributed by atoms with Gasteiger partial charge in [-0.15, -0.1) is 0 Å². The van der Waals surface area contributed by atoms with E-state index in [9.17, 15) is 17.0 Å². The summed E-state index contributed by atoms with van der Waals surface area (Å²) in [5.74, 6) is -3.13. The van der Waals surface area contributed by atoms with Crippen LogP contribution in [-0.2, 0) is 0 Å². The number of nitrogens with zero attached hydrogens (tertiary/aromatic N) is 2. The van der Waals surface area contributed by atoms with Crippen LogP contribution in [0, 0.1) is 0 Å². The SMILES string of the molecule is CN1C(F)(C(Cl)(Cl)Cl)N(C)P1(F)(F)F. The fourth-order valence-electron chi connectivity index (χ4n) is 1.16. The molecule has 0 aromatic rings. The van der Waals surface area contributed by atoms with E-state index in [1.54, 1.807) is 0 Å². The van der Waals surface area contributed by atoms with Crippen LogP contribution >= 0.6 is 42.6 Å². The van der Waals surface area contributed by atoms with Gasteiger partial charge in [0.05, 0.1) is 0 Å². The van der Waals surface area contributed by atoms with Gasteiger partial charge in [0.2, 0.25) is 0 Å². The first kappa shape index (κ1) is 13.0. The van der Waals surface area contributed by atoms with E-state index in [-0.39, 0.29) is 0 Å². The first-order valence-electron chi connectivity index (χ1n) is 3.25. The summed E-state index contributed by atoms with van der Waals surface area (Å²) in [5.41, 5.74) is 0. The maximum absolute atomic E-state index is 13.7. The third-order valence-corrected chi connectivity index (χ3v) is 5.32. The van der Waals surface area contributed by atoms with E-state index in [0.29, 0.717) is 14.1 Å². The summed E-state index contributed by atoms with van der Waals surface area (Å²) >= 11 is 15.4. The molecular formula is C4H6Cl3F4N2P. The molecule has 1 fully saturated rings. The average molecular weight is 295 g/mol. The van der Waals surface area contributed by atoms with Crippen LogP contribution in [0.2, 0.25) is 0 Å². The second-order valence-corrected chi connectivity index (χ2v) is 7.82. The van der Waals surface area contributed by atoms with E-state index in [1.165, 1.54) is 0 Å². The van der Waals surface area contributed by atoms with Crippen LogP contribution in [0.4, 0.5) is 17.0 Å². The summed E-state index contributed by atoms with van der Waals surface area (Å²) < 4.78 is 48.9. The Kier molecular flexibility index (Phi) is 2.59. The van der Waals surface area contributed by atoms with E-state index >= 15 is 0 Å². The molecule has 2 nitrogen and oxygen atoms in total. The number of hydrogen-bond donors (Lipinski definition) is 0. The van der Waals surface area contributed by atoms with Gasteiger partial charge >= 0.3 is 92.8 Å². The number of rotatable bonds is 0. The van der Waals surface area contributed by atoms with Crippen molar-refractivity contribution >= 4 is 42.6 Å². The van der Waals surface area contributed by atoms with Gasteiger partial charge in [0.15, 0.2) is 0 Å². The van der Waals surface area contributed by atoms with Crippen LogP contribution in [-0.4, -0.2) is 33.1 Å². The van der Waals surface area contributed by atoms with Gasteiger partial charge in [-0.1, -0.05) is 0 Å². The Bertz CT molecular complexity index is 260. The van der Waals surface area contributed by atoms with Gasteiger partial charge in [0.1, 0.15) is 0 Å². The van der Waals surface area contributed by atoms with Gasteiger partial charge < -0.3 is 0 Å². The second kappa shape index (κ2) is 2.79. The molecule has 0 radical (unpaired) electrons. The Morgan fingerprint density at radius 3 is 1.50 bits per heavy atom. The van der Waals surface area contributed by atoms with E-state index in [2.05, 4.69) is 0 Å². The van der Waals surface area contributed by atoms with E-state index in [0.717, 1.165) is 0 Å². The molecular weight excluding hydrogens is 289 g/mol. The molecule has 0 bridgehead atoms. The Balaban J connectivity index is 3.14. The van der Waals surface area contributed by atoms with Gasteiger partial charge in [-0.3, -0.25) is 0 Å². The zero-order valence-corrected chi connectivity index (χ0v) is 10.1. The van der Waals surface area contributed by atoms with Crippen molar-refractivity contribution in [1.82, 2.24) is 9.34 Å². The first-order valence-corrected chi connectivity index (χ1v) is 6.20. The molecule has 10 heteroatoms. The zero-order chi connectivity index (χ0) is 11.6. The van der Waals surface area contributed by atoms with Gasteiger partial charge in [0, 0.05) is 0 Å². The predicted octanol–water partition coefficient (Wildman–Crippen LogP) is 3.89. The third kappa shape index (κ3) is 1.28. The van der Waals surface area contributed by atoms with Crippen LogP contribution in [0.15, 0.2) is 0 Å². The molecule has 86 valence electrons. The van der Waals surface area contributed by atoms with Crippen LogP contribution < -0.4 is 0 Å². The summed E-state index contributed by atoms with van der Waals surface area (Å²) in [6.45, 7) is 0. The molecule has 1 heterocycles. The Labute approximate surface area is 93.1 Å². The average Bonchev–Trinajstić information content (AvgIpc) is 1.97. The molecule has 1 rings (SSSR count). The topological polar surface area (TPSA) is 6.48 Å². The Morgan fingerprint density at radius 1 is 1.07 bits per heavy atom. The molecule has 0 aromatic heterocycles. The number of hydrogen-bond acceptors (Lipinski definition) is 2. The van der Waals surface area contributed by atoms with E-state index in [4.69, 9.17) is 34.8 Å². The van der Waals surface area contributed by atoms with E-state index < -0.39 is 26.9 Å². The molecule has 14 heavy (non-hydrogen) atoms. The second-order valence-electron chi connectivity index (χ2n) is 2.87. The third-order valence-electron chi connectivity index (χ3n) is 2.17. The molecule has 0 N–H and O–H groups in total. The molecule has 0 saturated carbocycles. The van der Waals surface area contributed by atoms with Gasteiger partial charge in [-0.05, 0) is 0 Å². The van der Waals surface area contributed by atoms with Crippen LogP contribution in [0.25, 0.3) is 0 Å². The van der Waals surface area contributed by atoms with Gasteiger partial charge in [-0.2, -0.15) is 0 Å². The summed E-state index contributed by atoms with van der Waals surface area (Å²) in [7, 11) is -5.78. The van der Waals surface area contributed by atoms with Crippen LogP contribution in [0.1, 0.15) is 0 Å². The molecule has 0 aromatic carbocycles. The van der Waals surface area contributed by atoms with Crippen LogP contribution in [0.3, 0.4) is 0 Å². The molecule has 0 amide bonds. The minimum atomic E-state index is -6.83. The fourth-order valence-corrected chi connectivity index (χ4v) is 3.96. The fraction of sp³-hybridized carbons (Fsp3) is 1.00. The van der Waals surface area contributed by atoms with Gasteiger partial charge in [-0.25, -0.2) is 0 Å². The van der Waals surface area contributed by atoms with E-state index in [1.807, 2.05) is 0 Å². The summed E-state index contributed by atoms with van der Waals surface area (Å²) in [4.78, 5) is 0. The molecule has 1 aliphatic heterocycles. The Hall–Kier alpha value is 0.940. The molecule has 0 atom stereocenters. The predicted molar refractivity (Wildman–Crippen MR) is 49.9 cm³/mol. The normalized spacial score (nSPS) is 41.1. The summed E-state index contributed by atoms with van der Waals surface area (Å²) in [5, 5.41) is 0. The van der Waals surface area contributed by atoms with Crippen molar-refractivity contribution in [1.29, 1.82) is 0 Å². The summed E-state index contributed by atoms with van der Waals surface area (Å²) in [6, 6.07) is 0. The Morgan fingerprint density at radius 2 is 1.36 bits per heavy atom. The standard InChI is InChI=1S/C4H6Cl3F4N2P/c1-12-4(8,3(5,6)7)13(2)14(12,9,10)11/h1-2H3. The van der Waals surface area contributed by atoms with Crippen molar-refractivity contribution in [3.63, 3.8) is 0 Å². The quantitative estimate of drug-likeness (QED) is 0.289. The van der Waals surface area contributed by atoms with Crippen molar-refractivity contribution in [2.75, 3.05) is 14.1 Å². The molecule has 0 aliphatic carbocycles. The van der Waals surface area contributed by atoms with Crippen molar-refractivity contribution in [3.05, 3.63) is 0 Å². The maximum atomic E-state index is 13.7. The molecule has 0 unspecified atom stereocenters. The number of halogens is 7. The van der Waals surface area contributed by atoms with Crippen molar-refractivity contribution < 1.29 is 17.0 Å². The zero-order valence-electron chi connectivity index (χ0n) is 6.99. The monoisotopic (exact) mass is 294 g/mol. The molecule has 1 aliphatic rings. The first-order chi connectivity index (χ1) is 5.84. The molecule has 0 spiro atoms. The molecule has 1 saturated heterocycles.